The smallest absolute Gasteiger partial charge is 0.305 e. The molecule has 17 heavy (non-hydrogen) atoms. The van der Waals surface area contributed by atoms with Crippen LogP contribution in [0.25, 0.3) is 0 Å². The second kappa shape index (κ2) is 6.80. The maximum atomic E-state index is 11.1. The van der Waals surface area contributed by atoms with Crippen LogP contribution >= 0.6 is 0 Å². The van der Waals surface area contributed by atoms with E-state index in [-0.39, 0.29) is 12.0 Å². The Kier molecular flexibility index (Phi) is 5.69. The fraction of sp³-hybridized carbons (Fsp3) is 0.786. The van der Waals surface area contributed by atoms with Gasteiger partial charge in [0.2, 0.25) is 0 Å². The average Bonchev–Trinajstić information content (AvgIpc) is 2.29. The van der Waals surface area contributed by atoms with E-state index >= 15 is 0 Å². The molecule has 1 N–H and O–H groups in total. The number of nitrogens with zero attached hydrogens (tertiary/aromatic N) is 1. The number of rotatable bonds is 7. The van der Waals surface area contributed by atoms with Crippen molar-refractivity contribution in [2.24, 2.45) is 0 Å². The van der Waals surface area contributed by atoms with E-state index in [0.29, 0.717) is 0 Å². The number of hydrogen-bond donors (Lipinski definition) is 1. The fourth-order valence-electron chi connectivity index (χ4n) is 2.89. The highest BCUT2D eigenvalue weighted by atomic mass is 16.4. The Morgan fingerprint density at radius 3 is 2.59 bits per heavy atom. The molecular formula is C14H25NO2. The van der Waals surface area contributed by atoms with E-state index in [9.17, 15) is 4.79 Å². The highest BCUT2D eigenvalue weighted by Gasteiger charge is 2.37. The Bertz CT molecular complexity index is 257. The van der Waals surface area contributed by atoms with Gasteiger partial charge in [0.15, 0.2) is 0 Å². The van der Waals surface area contributed by atoms with E-state index in [4.69, 9.17) is 5.11 Å². The molecule has 1 saturated carbocycles. The van der Waals surface area contributed by atoms with Gasteiger partial charge in [-0.15, -0.1) is 6.58 Å². The minimum atomic E-state index is -0.664. The summed E-state index contributed by atoms with van der Waals surface area (Å²) in [5.41, 5.74) is -0.0920. The molecule has 0 amide bonds. The Morgan fingerprint density at radius 2 is 2.06 bits per heavy atom. The summed E-state index contributed by atoms with van der Waals surface area (Å²) in [6.07, 6.45) is 9.94. The van der Waals surface area contributed by atoms with Crippen LogP contribution in [0.5, 0.6) is 0 Å². The van der Waals surface area contributed by atoms with Gasteiger partial charge in [-0.25, -0.2) is 0 Å². The fourth-order valence-corrected chi connectivity index (χ4v) is 2.89. The normalized spacial score (nSPS) is 19.2. The molecule has 0 spiro atoms. The van der Waals surface area contributed by atoms with E-state index in [1.165, 1.54) is 19.3 Å². The van der Waals surface area contributed by atoms with Crippen molar-refractivity contribution in [1.82, 2.24) is 4.90 Å². The Labute approximate surface area is 105 Å². The quantitative estimate of drug-likeness (QED) is 0.548. The second-order valence-electron chi connectivity index (χ2n) is 5.21. The van der Waals surface area contributed by atoms with Crippen LogP contribution in [0.15, 0.2) is 12.7 Å². The SMILES string of the molecule is C=CCCCN(C)C1(CC(=O)O)CCCCC1. The van der Waals surface area contributed by atoms with Crippen molar-refractivity contribution in [1.29, 1.82) is 0 Å². The van der Waals surface area contributed by atoms with Crippen molar-refractivity contribution in [3.8, 4) is 0 Å². The summed E-state index contributed by atoms with van der Waals surface area (Å²) in [5, 5.41) is 9.11. The third-order valence-corrected chi connectivity index (χ3v) is 3.98. The highest BCUT2D eigenvalue weighted by Crippen LogP contribution is 2.35. The van der Waals surface area contributed by atoms with Gasteiger partial charge in [-0.2, -0.15) is 0 Å². The Hall–Kier alpha value is -0.830. The van der Waals surface area contributed by atoms with Crippen molar-refractivity contribution in [3.05, 3.63) is 12.7 Å². The molecule has 98 valence electrons. The first-order valence-electron chi connectivity index (χ1n) is 6.65. The van der Waals surface area contributed by atoms with E-state index in [0.717, 1.165) is 32.2 Å². The third-order valence-electron chi connectivity index (χ3n) is 3.98. The topological polar surface area (TPSA) is 40.5 Å². The number of unbranched alkanes of at least 4 members (excludes halogenated alkanes) is 1. The monoisotopic (exact) mass is 239 g/mol. The summed E-state index contributed by atoms with van der Waals surface area (Å²) >= 11 is 0. The second-order valence-corrected chi connectivity index (χ2v) is 5.21. The van der Waals surface area contributed by atoms with Crippen molar-refractivity contribution >= 4 is 5.97 Å². The lowest BCUT2D eigenvalue weighted by Gasteiger charge is -2.44. The number of aliphatic carboxylic acids is 1. The number of carbonyl (C=O) groups is 1. The molecule has 0 radical (unpaired) electrons. The first kappa shape index (κ1) is 14.2. The lowest BCUT2D eigenvalue weighted by molar-refractivity contribution is -0.141. The number of allylic oxidation sites excluding steroid dienone is 1. The molecule has 0 bridgehead atoms. The van der Waals surface area contributed by atoms with Gasteiger partial charge < -0.3 is 10.0 Å². The van der Waals surface area contributed by atoms with E-state index in [1.807, 2.05) is 6.08 Å². The van der Waals surface area contributed by atoms with Crippen molar-refractivity contribution < 1.29 is 9.90 Å². The standard InChI is InChI=1S/C14H25NO2/c1-3-4-8-11-15(2)14(12-13(16)17)9-6-5-7-10-14/h3H,1,4-12H2,2H3,(H,16,17). The van der Waals surface area contributed by atoms with Gasteiger partial charge in [0.1, 0.15) is 0 Å². The van der Waals surface area contributed by atoms with Gasteiger partial charge >= 0.3 is 5.97 Å². The first-order chi connectivity index (χ1) is 8.10. The molecule has 0 aliphatic heterocycles. The lowest BCUT2D eigenvalue weighted by atomic mass is 9.78. The van der Waals surface area contributed by atoms with Crippen LogP contribution in [0.4, 0.5) is 0 Å². The molecule has 0 saturated heterocycles. The largest absolute Gasteiger partial charge is 0.481 e. The average molecular weight is 239 g/mol. The summed E-state index contributed by atoms with van der Waals surface area (Å²) in [6, 6.07) is 0. The molecule has 0 heterocycles. The van der Waals surface area contributed by atoms with Crippen molar-refractivity contribution in [2.45, 2.75) is 56.9 Å². The summed E-state index contributed by atoms with van der Waals surface area (Å²) in [5.74, 6) is -0.664. The third kappa shape index (κ3) is 4.15. The lowest BCUT2D eigenvalue weighted by Crippen LogP contribution is -2.49. The summed E-state index contributed by atoms with van der Waals surface area (Å²) in [7, 11) is 2.08. The van der Waals surface area contributed by atoms with E-state index in [2.05, 4.69) is 18.5 Å². The number of hydrogen-bond acceptors (Lipinski definition) is 2. The molecule has 3 heteroatoms. The summed E-state index contributed by atoms with van der Waals surface area (Å²) < 4.78 is 0. The van der Waals surface area contributed by atoms with Gasteiger partial charge in [-0.05, 0) is 39.3 Å². The van der Waals surface area contributed by atoms with Gasteiger partial charge in [0.05, 0.1) is 6.42 Å². The molecule has 0 aromatic rings. The van der Waals surface area contributed by atoms with Gasteiger partial charge in [-0.3, -0.25) is 4.79 Å². The van der Waals surface area contributed by atoms with Gasteiger partial charge in [0.25, 0.3) is 0 Å². The molecule has 0 unspecified atom stereocenters. The molecule has 1 aliphatic carbocycles. The zero-order valence-corrected chi connectivity index (χ0v) is 11.0. The number of carboxylic acids is 1. The minimum Gasteiger partial charge on any atom is -0.481 e. The maximum absolute atomic E-state index is 11.1. The maximum Gasteiger partial charge on any atom is 0.305 e. The van der Waals surface area contributed by atoms with Crippen LogP contribution in [0.3, 0.4) is 0 Å². The van der Waals surface area contributed by atoms with Crippen LogP contribution in [0.1, 0.15) is 51.4 Å². The summed E-state index contributed by atoms with van der Waals surface area (Å²) in [4.78, 5) is 13.3. The van der Waals surface area contributed by atoms with Crippen LogP contribution in [-0.4, -0.2) is 35.1 Å². The van der Waals surface area contributed by atoms with Crippen LogP contribution in [0, 0.1) is 0 Å². The van der Waals surface area contributed by atoms with Crippen LogP contribution in [0.2, 0.25) is 0 Å². The molecule has 0 aromatic carbocycles. The zero-order valence-electron chi connectivity index (χ0n) is 11.0. The predicted octanol–water partition coefficient (Wildman–Crippen LogP) is 3.06. The molecule has 1 rings (SSSR count). The Balaban J connectivity index is 2.60. The molecule has 1 aliphatic rings. The van der Waals surface area contributed by atoms with Gasteiger partial charge in [-0.1, -0.05) is 25.3 Å². The van der Waals surface area contributed by atoms with Gasteiger partial charge in [0, 0.05) is 5.54 Å². The van der Waals surface area contributed by atoms with Crippen molar-refractivity contribution in [2.75, 3.05) is 13.6 Å². The minimum absolute atomic E-state index is 0.0920. The van der Waals surface area contributed by atoms with Crippen LogP contribution < -0.4 is 0 Å². The van der Waals surface area contributed by atoms with Crippen molar-refractivity contribution in [3.63, 3.8) is 0 Å². The zero-order chi connectivity index (χ0) is 12.7. The summed E-state index contributed by atoms with van der Waals surface area (Å²) in [6.45, 7) is 4.69. The molecule has 0 aromatic heterocycles. The molecule has 0 atom stereocenters. The first-order valence-corrected chi connectivity index (χ1v) is 6.65. The van der Waals surface area contributed by atoms with E-state index < -0.39 is 5.97 Å². The molecular weight excluding hydrogens is 214 g/mol. The highest BCUT2D eigenvalue weighted by molar-refractivity contribution is 5.68. The Morgan fingerprint density at radius 1 is 1.41 bits per heavy atom. The van der Waals surface area contributed by atoms with Crippen LogP contribution in [-0.2, 0) is 4.79 Å². The van der Waals surface area contributed by atoms with E-state index in [1.54, 1.807) is 0 Å². The predicted molar refractivity (Wildman–Crippen MR) is 70.1 cm³/mol. The number of carboxylic acid groups (broad SMARTS) is 1. The molecule has 3 nitrogen and oxygen atoms in total. The molecule has 1 fully saturated rings.